The van der Waals surface area contributed by atoms with Crippen molar-refractivity contribution in [1.82, 2.24) is 9.71 Å². The Morgan fingerprint density at radius 1 is 1.50 bits per heavy atom. The van der Waals surface area contributed by atoms with Gasteiger partial charge in [-0.25, -0.2) is 9.71 Å². The summed E-state index contributed by atoms with van der Waals surface area (Å²) >= 11 is 3.12. The van der Waals surface area contributed by atoms with E-state index in [1.165, 1.54) is 18.3 Å². The number of rotatable bonds is 2. The molecule has 7 heteroatoms. The van der Waals surface area contributed by atoms with Crippen LogP contribution in [0.4, 0.5) is 0 Å². The van der Waals surface area contributed by atoms with E-state index in [-0.39, 0.29) is 5.03 Å². The summed E-state index contributed by atoms with van der Waals surface area (Å²) in [4.78, 5) is 14.2. The zero-order valence-corrected chi connectivity index (χ0v) is 9.59. The zero-order valence-electron chi connectivity index (χ0n) is 7.19. The topological polar surface area (TPSA) is 76.1 Å². The molecule has 0 atom stereocenters. The molecule has 14 heavy (non-hydrogen) atoms. The second-order valence-electron chi connectivity index (χ2n) is 2.48. The lowest BCUT2D eigenvalue weighted by Gasteiger charge is -2.02. The second-order valence-corrected chi connectivity index (χ2v) is 5.02. The highest BCUT2D eigenvalue weighted by Crippen LogP contribution is 2.10. The van der Waals surface area contributed by atoms with Gasteiger partial charge in [0.05, 0.1) is 0 Å². The van der Waals surface area contributed by atoms with E-state index in [9.17, 15) is 13.2 Å². The lowest BCUT2D eigenvalue weighted by Crippen LogP contribution is -2.28. The van der Waals surface area contributed by atoms with Crippen molar-refractivity contribution in [2.24, 2.45) is 0 Å². The Balaban J connectivity index is 3.05. The van der Waals surface area contributed by atoms with Gasteiger partial charge in [0.1, 0.15) is 0 Å². The summed E-state index contributed by atoms with van der Waals surface area (Å²) in [7, 11) is -3.81. The van der Waals surface area contributed by atoms with Gasteiger partial charge in [-0.15, -0.1) is 0 Å². The van der Waals surface area contributed by atoms with Gasteiger partial charge in [0.15, 0.2) is 5.03 Å². The Morgan fingerprint density at radius 2 is 2.14 bits per heavy atom. The summed E-state index contributed by atoms with van der Waals surface area (Å²) in [6, 6.07) is 2.83. The average Bonchev–Trinajstić information content (AvgIpc) is 2.02. The van der Waals surface area contributed by atoms with Crippen molar-refractivity contribution in [1.29, 1.82) is 0 Å². The molecule has 0 aromatic carbocycles. The predicted molar refractivity (Wildman–Crippen MR) is 52.9 cm³/mol. The number of hydrogen-bond acceptors (Lipinski definition) is 4. The molecule has 0 unspecified atom stereocenters. The van der Waals surface area contributed by atoms with E-state index in [0.29, 0.717) is 4.47 Å². The van der Waals surface area contributed by atoms with Crippen LogP contribution in [0, 0.1) is 0 Å². The minimum Gasteiger partial charge on any atom is -0.274 e. The fourth-order valence-corrected chi connectivity index (χ4v) is 1.92. The van der Waals surface area contributed by atoms with Crippen LogP contribution in [-0.2, 0) is 14.8 Å². The van der Waals surface area contributed by atoms with Gasteiger partial charge in [0.2, 0.25) is 5.91 Å². The number of nitrogens with zero attached hydrogens (tertiary/aromatic N) is 1. The van der Waals surface area contributed by atoms with Crippen LogP contribution in [0.15, 0.2) is 27.8 Å². The molecule has 0 bridgehead atoms. The number of carbonyl (C=O) groups is 1. The molecule has 1 aromatic rings. The molecule has 0 aliphatic heterocycles. The number of nitrogens with one attached hydrogen (secondary N) is 1. The van der Waals surface area contributed by atoms with Gasteiger partial charge in [-0.2, -0.15) is 8.42 Å². The molecule has 0 saturated carbocycles. The Hall–Kier alpha value is -0.950. The molecule has 1 rings (SSSR count). The fraction of sp³-hybridized carbons (Fsp3) is 0.143. The number of sulfonamides is 1. The molecule has 1 amide bonds. The normalized spacial score (nSPS) is 11.0. The zero-order chi connectivity index (χ0) is 10.8. The van der Waals surface area contributed by atoms with Gasteiger partial charge >= 0.3 is 0 Å². The highest BCUT2D eigenvalue weighted by atomic mass is 79.9. The number of carbonyl (C=O) groups excluding carboxylic acids is 1. The molecule has 1 N–H and O–H groups in total. The Labute approximate surface area is 89.7 Å². The summed E-state index contributed by atoms with van der Waals surface area (Å²) < 4.78 is 25.2. The summed E-state index contributed by atoms with van der Waals surface area (Å²) in [5, 5.41) is -0.184. The van der Waals surface area contributed by atoms with Gasteiger partial charge in [0.25, 0.3) is 10.0 Å². The summed E-state index contributed by atoms with van der Waals surface area (Å²) in [6.07, 6.45) is 1.34. The highest BCUT2D eigenvalue weighted by molar-refractivity contribution is 9.10. The number of aromatic nitrogens is 1. The maximum absolute atomic E-state index is 11.3. The predicted octanol–water partition coefficient (Wildman–Crippen LogP) is 0.669. The Morgan fingerprint density at radius 3 is 2.57 bits per heavy atom. The van der Waals surface area contributed by atoms with Crippen molar-refractivity contribution < 1.29 is 13.2 Å². The van der Waals surface area contributed by atoms with Crippen molar-refractivity contribution in [3.63, 3.8) is 0 Å². The van der Waals surface area contributed by atoms with Crippen LogP contribution in [0.25, 0.3) is 0 Å². The van der Waals surface area contributed by atoms with Crippen molar-refractivity contribution in [3.8, 4) is 0 Å². The largest absolute Gasteiger partial charge is 0.281 e. The third-order valence-corrected chi connectivity index (χ3v) is 3.07. The van der Waals surface area contributed by atoms with Crippen molar-refractivity contribution in [3.05, 3.63) is 22.8 Å². The Kier molecular flexibility index (Phi) is 3.22. The average molecular weight is 279 g/mol. The van der Waals surface area contributed by atoms with E-state index >= 15 is 0 Å². The van der Waals surface area contributed by atoms with Crippen LogP contribution in [0.5, 0.6) is 0 Å². The lowest BCUT2D eigenvalue weighted by atomic mass is 10.5. The van der Waals surface area contributed by atoms with Gasteiger partial charge in [-0.3, -0.25) is 4.79 Å². The molecule has 0 radical (unpaired) electrons. The standard InChI is InChI=1S/C7H7BrN2O3S/c1-5(11)10-14(12,13)7-3-2-6(8)4-9-7/h2-4H,1H3,(H,10,11). The minimum atomic E-state index is -3.81. The van der Waals surface area contributed by atoms with Gasteiger partial charge in [-0.1, -0.05) is 0 Å². The van der Waals surface area contributed by atoms with Crippen LogP contribution in [0.3, 0.4) is 0 Å². The smallest absolute Gasteiger partial charge is 0.274 e. The molecule has 5 nitrogen and oxygen atoms in total. The number of halogens is 1. The van der Waals surface area contributed by atoms with E-state index in [1.807, 2.05) is 4.72 Å². The highest BCUT2D eigenvalue weighted by Gasteiger charge is 2.16. The van der Waals surface area contributed by atoms with Gasteiger partial charge < -0.3 is 0 Å². The molecule has 1 aromatic heterocycles. The minimum absolute atomic E-state index is 0.184. The number of hydrogen-bond donors (Lipinski definition) is 1. The van der Waals surface area contributed by atoms with Crippen molar-refractivity contribution >= 4 is 31.9 Å². The molecule has 0 saturated heterocycles. The summed E-state index contributed by atoms with van der Waals surface area (Å²) in [5.41, 5.74) is 0. The van der Waals surface area contributed by atoms with Gasteiger partial charge in [-0.05, 0) is 28.1 Å². The maximum Gasteiger partial charge on any atom is 0.281 e. The molecular formula is C7H7BrN2O3S. The SMILES string of the molecule is CC(=O)NS(=O)(=O)c1ccc(Br)cn1. The summed E-state index contributed by atoms with van der Waals surface area (Å²) in [6.45, 7) is 1.12. The quantitative estimate of drug-likeness (QED) is 0.863. The van der Waals surface area contributed by atoms with Crippen molar-refractivity contribution in [2.45, 2.75) is 11.9 Å². The van der Waals surface area contributed by atoms with E-state index in [4.69, 9.17) is 0 Å². The van der Waals surface area contributed by atoms with E-state index < -0.39 is 15.9 Å². The first-order valence-electron chi connectivity index (χ1n) is 3.57. The van der Waals surface area contributed by atoms with E-state index in [1.54, 1.807) is 0 Å². The first kappa shape index (κ1) is 11.1. The molecule has 1 heterocycles. The van der Waals surface area contributed by atoms with Gasteiger partial charge in [0, 0.05) is 17.6 Å². The molecule has 76 valence electrons. The third-order valence-electron chi connectivity index (χ3n) is 1.25. The van der Waals surface area contributed by atoms with E-state index in [2.05, 4.69) is 20.9 Å². The molecule has 0 fully saturated rings. The number of amides is 1. The first-order valence-corrected chi connectivity index (χ1v) is 5.84. The Bertz CT molecular complexity index is 441. The molecule has 0 aliphatic carbocycles. The monoisotopic (exact) mass is 278 g/mol. The van der Waals surface area contributed by atoms with E-state index in [0.717, 1.165) is 6.92 Å². The molecule has 0 aliphatic rings. The van der Waals surface area contributed by atoms with Crippen LogP contribution in [0.1, 0.15) is 6.92 Å². The fourth-order valence-electron chi connectivity index (χ4n) is 0.763. The lowest BCUT2D eigenvalue weighted by molar-refractivity contribution is -0.117. The first-order chi connectivity index (χ1) is 6.42. The third kappa shape index (κ3) is 2.78. The van der Waals surface area contributed by atoms with Crippen molar-refractivity contribution in [2.75, 3.05) is 0 Å². The molecular weight excluding hydrogens is 272 g/mol. The van der Waals surface area contributed by atoms with Crippen LogP contribution in [0.2, 0.25) is 0 Å². The maximum atomic E-state index is 11.3. The van der Waals surface area contributed by atoms with Crippen LogP contribution >= 0.6 is 15.9 Å². The second kappa shape index (κ2) is 4.05. The van der Waals surface area contributed by atoms with Crippen LogP contribution in [-0.4, -0.2) is 19.3 Å². The summed E-state index contributed by atoms with van der Waals surface area (Å²) in [5.74, 6) is -0.644. The van der Waals surface area contributed by atoms with Crippen LogP contribution < -0.4 is 4.72 Å². The number of pyridine rings is 1. The molecule has 0 spiro atoms.